The van der Waals surface area contributed by atoms with Gasteiger partial charge in [0.15, 0.2) is 0 Å². The minimum atomic E-state index is -0.913. The third-order valence-corrected chi connectivity index (χ3v) is 4.35. The molecule has 0 aliphatic rings. The Bertz CT molecular complexity index is 869. The molecule has 1 atom stereocenters. The van der Waals surface area contributed by atoms with Crippen LogP contribution in [0.1, 0.15) is 17.2 Å². The van der Waals surface area contributed by atoms with Crippen molar-refractivity contribution in [2.75, 3.05) is 0 Å². The number of nitrogens with zero attached hydrogens (tertiary/aromatic N) is 1. The molecular weight excluding hydrogens is 402 g/mol. The Morgan fingerprint density at radius 2 is 1.92 bits per heavy atom. The summed E-state index contributed by atoms with van der Waals surface area (Å²) in [7, 11) is 0. The Balaban J connectivity index is 1.98. The summed E-state index contributed by atoms with van der Waals surface area (Å²) >= 11 is 9.42. The van der Waals surface area contributed by atoms with E-state index in [-0.39, 0.29) is 0 Å². The topological polar surface area (TPSA) is 42.4 Å². The van der Waals surface area contributed by atoms with E-state index >= 15 is 0 Å². The number of hydrogen-bond acceptors (Lipinski definition) is 3. The Morgan fingerprint density at radius 1 is 1.12 bits per heavy atom. The molecule has 1 N–H and O–H groups in total. The molecule has 3 rings (SSSR count). The highest BCUT2D eigenvalue weighted by atomic mass is 79.9. The lowest BCUT2D eigenvalue weighted by Crippen LogP contribution is -2.08. The Hall–Kier alpha value is -2.14. The number of aliphatic hydroxyl groups is 1. The van der Waals surface area contributed by atoms with Gasteiger partial charge in [-0.1, -0.05) is 48.0 Å². The summed E-state index contributed by atoms with van der Waals surface area (Å²) in [5.41, 5.74) is 1.57. The molecule has 0 bridgehead atoms. The minimum Gasteiger partial charge on any atom is -0.457 e. The van der Waals surface area contributed by atoms with Crippen LogP contribution in [0.2, 0.25) is 5.02 Å². The summed E-state index contributed by atoms with van der Waals surface area (Å²) in [6.07, 6.45) is 4.26. The average molecular weight is 417 g/mol. The SMILES string of the molecule is OC(/C(=C\c1cccnc1)Oc1ccc(Cl)cc1Br)c1ccccc1. The average Bonchev–Trinajstić information content (AvgIpc) is 2.64. The maximum Gasteiger partial charge on any atom is 0.141 e. The molecule has 3 aromatic rings. The van der Waals surface area contributed by atoms with Crippen molar-refractivity contribution in [2.45, 2.75) is 6.10 Å². The third-order valence-electron chi connectivity index (χ3n) is 3.50. The molecule has 2 aromatic carbocycles. The normalized spacial score (nSPS) is 12.7. The van der Waals surface area contributed by atoms with Gasteiger partial charge in [-0.3, -0.25) is 4.98 Å². The molecule has 0 radical (unpaired) electrons. The van der Waals surface area contributed by atoms with Crippen molar-refractivity contribution in [1.29, 1.82) is 0 Å². The number of aliphatic hydroxyl groups excluding tert-OH is 1. The van der Waals surface area contributed by atoms with Crippen molar-refractivity contribution in [3.63, 3.8) is 0 Å². The van der Waals surface area contributed by atoms with Crippen LogP contribution in [0.5, 0.6) is 5.75 Å². The predicted molar refractivity (Wildman–Crippen MR) is 103 cm³/mol. The van der Waals surface area contributed by atoms with Gasteiger partial charge in [0.1, 0.15) is 17.6 Å². The predicted octanol–water partition coefficient (Wildman–Crippen LogP) is 5.65. The zero-order valence-corrected chi connectivity index (χ0v) is 15.5. The van der Waals surface area contributed by atoms with Crippen LogP contribution in [-0.4, -0.2) is 10.1 Å². The zero-order chi connectivity index (χ0) is 17.6. The molecular formula is C20H15BrClNO2. The number of halogens is 2. The number of ether oxygens (including phenoxy) is 1. The van der Waals surface area contributed by atoms with Gasteiger partial charge < -0.3 is 9.84 Å². The molecule has 0 aliphatic heterocycles. The lowest BCUT2D eigenvalue weighted by molar-refractivity contribution is 0.165. The van der Waals surface area contributed by atoms with E-state index in [2.05, 4.69) is 20.9 Å². The van der Waals surface area contributed by atoms with E-state index in [0.717, 1.165) is 11.1 Å². The van der Waals surface area contributed by atoms with Crippen LogP contribution in [0.15, 0.2) is 83.3 Å². The van der Waals surface area contributed by atoms with Gasteiger partial charge in [-0.05, 0) is 57.4 Å². The van der Waals surface area contributed by atoms with Gasteiger partial charge in [0.2, 0.25) is 0 Å². The van der Waals surface area contributed by atoms with Gasteiger partial charge in [0.25, 0.3) is 0 Å². The van der Waals surface area contributed by atoms with Gasteiger partial charge in [0.05, 0.1) is 4.47 Å². The molecule has 126 valence electrons. The minimum absolute atomic E-state index is 0.391. The number of benzene rings is 2. The van der Waals surface area contributed by atoms with Crippen LogP contribution in [0.3, 0.4) is 0 Å². The maximum absolute atomic E-state index is 10.8. The quantitative estimate of drug-likeness (QED) is 0.546. The van der Waals surface area contributed by atoms with E-state index in [1.54, 1.807) is 36.7 Å². The molecule has 0 aliphatic carbocycles. The molecule has 0 fully saturated rings. The smallest absolute Gasteiger partial charge is 0.141 e. The first-order valence-corrected chi connectivity index (χ1v) is 8.78. The molecule has 0 saturated carbocycles. The fourth-order valence-electron chi connectivity index (χ4n) is 2.27. The summed E-state index contributed by atoms with van der Waals surface area (Å²) in [6.45, 7) is 0. The third kappa shape index (κ3) is 4.69. The Morgan fingerprint density at radius 3 is 2.60 bits per heavy atom. The van der Waals surface area contributed by atoms with Gasteiger partial charge in [-0.2, -0.15) is 0 Å². The number of pyridine rings is 1. The molecule has 0 spiro atoms. The molecule has 0 saturated heterocycles. The van der Waals surface area contributed by atoms with Crippen LogP contribution >= 0.6 is 27.5 Å². The van der Waals surface area contributed by atoms with Crippen molar-refractivity contribution in [2.24, 2.45) is 0 Å². The van der Waals surface area contributed by atoms with Gasteiger partial charge in [-0.15, -0.1) is 0 Å². The molecule has 25 heavy (non-hydrogen) atoms. The monoisotopic (exact) mass is 415 g/mol. The summed E-state index contributed by atoms with van der Waals surface area (Å²) in [5, 5.41) is 11.4. The summed E-state index contributed by atoms with van der Waals surface area (Å²) in [5.74, 6) is 0.955. The van der Waals surface area contributed by atoms with E-state index in [1.165, 1.54) is 0 Å². The second-order valence-corrected chi connectivity index (χ2v) is 6.61. The van der Waals surface area contributed by atoms with Crippen molar-refractivity contribution >= 4 is 33.6 Å². The van der Waals surface area contributed by atoms with Gasteiger partial charge >= 0.3 is 0 Å². The van der Waals surface area contributed by atoms with E-state index in [1.807, 2.05) is 42.5 Å². The fraction of sp³-hybridized carbons (Fsp3) is 0.0500. The van der Waals surface area contributed by atoms with E-state index < -0.39 is 6.10 Å². The molecule has 3 nitrogen and oxygen atoms in total. The van der Waals surface area contributed by atoms with Crippen molar-refractivity contribution < 1.29 is 9.84 Å². The van der Waals surface area contributed by atoms with Crippen LogP contribution in [0.25, 0.3) is 6.08 Å². The second-order valence-electron chi connectivity index (χ2n) is 5.32. The number of hydrogen-bond donors (Lipinski definition) is 1. The molecule has 5 heteroatoms. The van der Waals surface area contributed by atoms with Crippen LogP contribution in [-0.2, 0) is 0 Å². The Kier molecular flexibility index (Phi) is 5.87. The van der Waals surface area contributed by atoms with E-state index in [4.69, 9.17) is 16.3 Å². The number of rotatable bonds is 5. The highest BCUT2D eigenvalue weighted by Crippen LogP contribution is 2.33. The van der Waals surface area contributed by atoms with Crippen molar-refractivity contribution in [1.82, 2.24) is 4.98 Å². The maximum atomic E-state index is 10.8. The summed E-state index contributed by atoms with van der Waals surface area (Å²) in [4.78, 5) is 4.10. The van der Waals surface area contributed by atoms with Crippen molar-refractivity contribution in [3.05, 3.63) is 99.4 Å². The first-order valence-electron chi connectivity index (χ1n) is 7.61. The first-order chi connectivity index (χ1) is 12.1. The van der Waals surface area contributed by atoms with Gasteiger partial charge in [0, 0.05) is 17.4 Å². The van der Waals surface area contributed by atoms with Crippen LogP contribution in [0, 0.1) is 0 Å². The molecule has 1 heterocycles. The fourth-order valence-corrected chi connectivity index (χ4v) is 3.04. The molecule has 0 amide bonds. The summed E-state index contributed by atoms with van der Waals surface area (Å²) < 4.78 is 6.70. The highest BCUT2D eigenvalue weighted by molar-refractivity contribution is 9.10. The number of aromatic nitrogens is 1. The summed E-state index contributed by atoms with van der Waals surface area (Å²) in [6, 6.07) is 18.3. The van der Waals surface area contributed by atoms with Crippen LogP contribution < -0.4 is 4.74 Å². The first kappa shape index (κ1) is 17.7. The van der Waals surface area contributed by atoms with Crippen LogP contribution in [0.4, 0.5) is 0 Å². The standard InChI is InChI=1S/C20H15BrClNO2/c21-17-12-16(22)8-9-18(17)25-19(11-14-5-4-10-23-13-14)20(24)15-6-2-1-3-7-15/h1-13,20,24H/b19-11+. The van der Waals surface area contributed by atoms with E-state index in [0.29, 0.717) is 21.0 Å². The van der Waals surface area contributed by atoms with Crippen molar-refractivity contribution in [3.8, 4) is 5.75 Å². The lowest BCUT2D eigenvalue weighted by Gasteiger charge is -2.18. The molecule has 1 aromatic heterocycles. The van der Waals surface area contributed by atoms with E-state index in [9.17, 15) is 5.11 Å². The highest BCUT2D eigenvalue weighted by Gasteiger charge is 2.17. The zero-order valence-electron chi connectivity index (χ0n) is 13.1. The largest absolute Gasteiger partial charge is 0.457 e. The van der Waals surface area contributed by atoms with Gasteiger partial charge in [-0.25, -0.2) is 0 Å². The Labute approximate surface area is 159 Å². The second kappa shape index (κ2) is 8.30. The lowest BCUT2D eigenvalue weighted by atomic mass is 10.1. The molecule has 1 unspecified atom stereocenters.